The van der Waals surface area contributed by atoms with Gasteiger partial charge in [-0.3, -0.25) is 0 Å². The van der Waals surface area contributed by atoms with E-state index in [0.717, 1.165) is 6.26 Å². The number of ether oxygens (including phenoxy) is 1. The summed E-state index contributed by atoms with van der Waals surface area (Å²) in [6, 6.07) is 5.46. The normalized spacial score (nSPS) is 11.5. The lowest BCUT2D eigenvalue weighted by Gasteiger charge is -2.16. The smallest absolute Gasteiger partial charge is 0.341 e. The van der Waals surface area contributed by atoms with E-state index in [9.17, 15) is 17.6 Å². The van der Waals surface area contributed by atoms with Crippen LogP contribution in [0.4, 0.5) is 10.3 Å². The van der Waals surface area contributed by atoms with Crippen LogP contribution < -0.4 is 5.32 Å². The topological polar surface area (TPSA) is 98.2 Å². The number of halogens is 1. The van der Waals surface area contributed by atoms with Crippen molar-refractivity contribution in [2.24, 2.45) is 0 Å². The van der Waals surface area contributed by atoms with Crippen molar-refractivity contribution < 1.29 is 22.3 Å². The van der Waals surface area contributed by atoms with Crippen LogP contribution in [-0.2, 0) is 14.6 Å². The van der Waals surface area contributed by atoms with E-state index in [1.165, 1.54) is 31.4 Å². The molecule has 0 atom stereocenters. The Labute approximate surface area is 151 Å². The molecule has 7 nitrogen and oxygen atoms in total. The van der Waals surface area contributed by atoms with Crippen molar-refractivity contribution in [3.8, 4) is 11.3 Å². The quantitative estimate of drug-likeness (QED) is 0.768. The third-order valence-corrected chi connectivity index (χ3v) is 4.15. The molecular formula is C17H20FN3O4S. The molecule has 0 aliphatic carbocycles. The summed E-state index contributed by atoms with van der Waals surface area (Å²) >= 11 is 0. The van der Waals surface area contributed by atoms with E-state index in [1.54, 1.807) is 0 Å². The number of carbonyl (C=O) groups is 1. The van der Waals surface area contributed by atoms with Gasteiger partial charge in [0.1, 0.15) is 17.3 Å². The van der Waals surface area contributed by atoms with Crippen molar-refractivity contribution >= 4 is 21.8 Å². The molecule has 0 saturated carbocycles. The van der Waals surface area contributed by atoms with E-state index in [-0.39, 0.29) is 29.0 Å². The van der Waals surface area contributed by atoms with Gasteiger partial charge >= 0.3 is 5.97 Å². The van der Waals surface area contributed by atoms with E-state index < -0.39 is 21.6 Å². The number of aromatic nitrogens is 2. The second kappa shape index (κ2) is 7.77. The molecule has 2 rings (SSSR count). The van der Waals surface area contributed by atoms with E-state index >= 15 is 0 Å². The van der Waals surface area contributed by atoms with Crippen LogP contribution in [0, 0.1) is 5.82 Å². The molecule has 1 aromatic heterocycles. The zero-order valence-electron chi connectivity index (χ0n) is 14.9. The molecule has 0 unspecified atom stereocenters. The first kappa shape index (κ1) is 19.8. The van der Waals surface area contributed by atoms with Crippen LogP contribution in [0.15, 0.2) is 24.3 Å². The predicted molar refractivity (Wildman–Crippen MR) is 96.2 cm³/mol. The Morgan fingerprint density at radius 2 is 1.85 bits per heavy atom. The minimum Gasteiger partial charge on any atom is -0.465 e. The van der Waals surface area contributed by atoms with Crippen LogP contribution in [0.25, 0.3) is 11.3 Å². The van der Waals surface area contributed by atoms with Crippen LogP contribution in [0.5, 0.6) is 0 Å². The molecular weight excluding hydrogens is 361 g/mol. The van der Waals surface area contributed by atoms with Gasteiger partial charge in [-0.2, -0.15) is 0 Å². The van der Waals surface area contributed by atoms with E-state index in [2.05, 4.69) is 15.3 Å². The molecule has 26 heavy (non-hydrogen) atoms. The lowest BCUT2D eigenvalue weighted by atomic mass is 9.98. The molecule has 0 saturated heterocycles. The van der Waals surface area contributed by atoms with Crippen molar-refractivity contribution in [1.29, 1.82) is 0 Å². The number of anilines is 1. The van der Waals surface area contributed by atoms with Crippen molar-refractivity contribution in [3.63, 3.8) is 0 Å². The fraction of sp³-hybridized carbons (Fsp3) is 0.353. The molecule has 0 amide bonds. The third-order valence-electron chi connectivity index (χ3n) is 3.48. The number of benzene rings is 1. The highest BCUT2D eigenvalue weighted by atomic mass is 32.2. The summed E-state index contributed by atoms with van der Waals surface area (Å²) in [6.45, 7) is 3.67. The third kappa shape index (κ3) is 4.75. The number of rotatable bonds is 6. The first-order valence-corrected chi connectivity index (χ1v) is 9.86. The average molecular weight is 381 g/mol. The van der Waals surface area contributed by atoms with Crippen LogP contribution >= 0.6 is 0 Å². The summed E-state index contributed by atoms with van der Waals surface area (Å²) in [4.78, 5) is 20.9. The Kier molecular flexibility index (Phi) is 5.91. The predicted octanol–water partition coefficient (Wildman–Crippen LogP) is 2.61. The molecule has 140 valence electrons. The number of sulfone groups is 1. The van der Waals surface area contributed by atoms with Crippen molar-refractivity contribution in [1.82, 2.24) is 9.97 Å². The number of nitrogens with one attached hydrogen (secondary N) is 1. The van der Waals surface area contributed by atoms with Crippen LogP contribution in [0.2, 0.25) is 0 Å². The number of nitrogens with zero attached hydrogens (tertiary/aromatic N) is 2. The lowest BCUT2D eigenvalue weighted by molar-refractivity contribution is 0.0599. The minimum atomic E-state index is -3.30. The summed E-state index contributed by atoms with van der Waals surface area (Å²) in [6.07, 6.45) is 1.08. The molecule has 0 bridgehead atoms. The molecule has 0 radical (unpaired) electrons. The lowest BCUT2D eigenvalue weighted by Crippen LogP contribution is -2.18. The first-order valence-electron chi connectivity index (χ1n) is 7.80. The van der Waals surface area contributed by atoms with Gasteiger partial charge in [0.25, 0.3) is 0 Å². The van der Waals surface area contributed by atoms with E-state index in [0.29, 0.717) is 11.3 Å². The average Bonchev–Trinajstić information content (AvgIpc) is 2.58. The zero-order chi connectivity index (χ0) is 19.5. The zero-order valence-corrected chi connectivity index (χ0v) is 15.7. The van der Waals surface area contributed by atoms with Crippen molar-refractivity contribution in [2.75, 3.05) is 24.6 Å². The molecule has 9 heteroatoms. The molecule has 0 aliphatic rings. The van der Waals surface area contributed by atoms with Gasteiger partial charge in [0.05, 0.1) is 18.5 Å². The highest BCUT2D eigenvalue weighted by Crippen LogP contribution is 2.29. The highest BCUT2D eigenvalue weighted by Gasteiger charge is 2.24. The molecule has 0 fully saturated rings. The Morgan fingerprint density at radius 3 is 2.35 bits per heavy atom. The van der Waals surface area contributed by atoms with Gasteiger partial charge in [0.15, 0.2) is 9.84 Å². The van der Waals surface area contributed by atoms with Crippen LogP contribution in [0.3, 0.4) is 0 Å². The molecule has 1 aromatic carbocycles. The Hall–Kier alpha value is -2.55. The molecule has 1 N–H and O–H groups in total. The maximum absolute atomic E-state index is 13.3. The number of hydrogen-bond acceptors (Lipinski definition) is 7. The van der Waals surface area contributed by atoms with Crippen LogP contribution in [0.1, 0.15) is 35.8 Å². The maximum Gasteiger partial charge on any atom is 0.341 e. The van der Waals surface area contributed by atoms with Gasteiger partial charge in [-0.1, -0.05) is 13.8 Å². The van der Waals surface area contributed by atoms with Gasteiger partial charge < -0.3 is 10.1 Å². The summed E-state index contributed by atoms with van der Waals surface area (Å²) in [7, 11) is -2.06. The summed E-state index contributed by atoms with van der Waals surface area (Å²) in [5, 5.41) is 2.65. The van der Waals surface area contributed by atoms with E-state index in [4.69, 9.17) is 4.74 Å². The standard InChI is InChI=1S/C17H20FN3O4S/c1-10(2)14-13(16(22)25-3)15(11-5-7-12(18)8-6-11)21-17(20-14)19-9-26(4,23)24/h5-8,10H,9H2,1-4H3,(H,19,20,21). The summed E-state index contributed by atoms with van der Waals surface area (Å²) in [5.41, 5.74) is 1.30. The fourth-order valence-electron chi connectivity index (χ4n) is 2.29. The van der Waals surface area contributed by atoms with Gasteiger partial charge in [0, 0.05) is 11.8 Å². The van der Waals surface area contributed by atoms with Gasteiger partial charge in [-0.15, -0.1) is 0 Å². The van der Waals surface area contributed by atoms with Crippen LogP contribution in [-0.4, -0.2) is 43.6 Å². The van der Waals surface area contributed by atoms with Crippen molar-refractivity contribution in [3.05, 3.63) is 41.3 Å². The van der Waals surface area contributed by atoms with Crippen molar-refractivity contribution in [2.45, 2.75) is 19.8 Å². The SMILES string of the molecule is COC(=O)c1c(-c2ccc(F)cc2)nc(NCS(C)(=O)=O)nc1C(C)C. The maximum atomic E-state index is 13.3. The monoisotopic (exact) mass is 381 g/mol. The second-order valence-electron chi connectivity index (χ2n) is 6.06. The van der Waals surface area contributed by atoms with E-state index in [1.807, 2.05) is 13.8 Å². The Bertz CT molecular complexity index is 912. The summed E-state index contributed by atoms with van der Waals surface area (Å²) in [5.74, 6) is -1.51. The highest BCUT2D eigenvalue weighted by molar-refractivity contribution is 7.90. The van der Waals surface area contributed by atoms with Gasteiger partial charge in [-0.25, -0.2) is 27.6 Å². The first-order chi connectivity index (χ1) is 12.1. The number of methoxy groups -OCH3 is 1. The van der Waals surface area contributed by atoms with Gasteiger partial charge in [-0.05, 0) is 30.2 Å². The molecule has 0 aliphatic heterocycles. The number of carbonyl (C=O) groups excluding carboxylic acids is 1. The largest absolute Gasteiger partial charge is 0.465 e. The number of esters is 1. The fourth-order valence-corrected chi connectivity index (χ4v) is 2.68. The summed E-state index contributed by atoms with van der Waals surface area (Å²) < 4.78 is 40.9. The molecule has 2 aromatic rings. The minimum absolute atomic E-state index is 0.0612. The number of hydrogen-bond donors (Lipinski definition) is 1. The second-order valence-corrected chi connectivity index (χ2v) is 8.20. The van der Waals surface area contributed by atoms with Gasteiger partial charge in [0.2, 0.25) is 5.95 Å². The molecule has 1 heterocycles. The Balaban J connectivity index is 2.68. The molecule has 0 spiro atoms. The Morgan fingerprint density at radius 1 is 1.23 bits per heavy atom.